The Hall–Kier alpha value is -1.94. The highest BCUT2D eigenvalue weighted by Crippen LogP contribution is 2.45. The Labute approximate surface area is 588 Å². The molecule has 6 atom stereocenters. The number of ether oxygens (including phenoxy) is 4. The van der Waals surface area contributed by atoms with Crippen LogP contribution in [0.2, 0.25) is 0 Å². The van der Waals surface area contributed by atoms with Crippen LogP contribution in [0.3, 0.4) is 0 Å². The quantitative estimate of drug-likeness (QED) is 0.0222. The number of aliphatic hydroxyl groups is 1. The van der Waals surface area contributed by atoms with E-state index in [9.17, 15) is 43.2 Å². The summed E-state index contributed by atoms with van der Waals surface area (Å²) < 4.78 is 68.5. The Bertz CT molecular complexity index is 1860. The van der Waals surface area contributed by atoms with Gasteiger partial charge in [-0.15, -0.1) is 0 Å². The molecule has 17 nitrogen and oxygen atoms in total. The lowest BCUT2D eigenvalue weighted by molar-refractivity contribution is -0.161. The van der Waals surface area contributed by atoms with Gasteiger partial charge in [0, 0.05) is 25.7 Å². The first-order valence-corrected chi connectivity index (χ1v) is 43.0. The van der Waals surface area contributed by atoms with Crippen LogP contribution in [0.25, 0.3) is 0 Å². The van der Waals surface area contributed by atoms with E-state index in [0.717, 1.165) is 115 Å². The standard InChI is InChI=1S/C77H150O17P2/c1-7-10-12-14-16-17-18-19-20-26-32-37-43-49-55-61-76(81)93-72(65-87-74(79)59-53-47-39-15-13-11-8-2)67-91-95(83,84)89-63-71(78)64-90-96(85,86)92-68-73(66-88-75(80)60-54-48-42-36-31-28-23-24-29-34-40-45-51-57-69(4)5)94-77(82)62-56-50-44-38-33-27-22-21-25-30-35-41-46-52-58-70(6)9-3/h69-73,78H,7-68H2,1-6H3,(H,83,84)(H,85,86)/t70?,71-,72+,73+/m0/s1. The van der Waals surface area contributed by atoms with Crippen molar-refractivity contribution in [1.29, 1.82) is 0 Å². The summed E-state index contributed by atoms with van der Waals surface area (Å²) in [5.74, 6) is -0.480. The van der Waals surface area contributed by atoms with Crippen LogP contribution in [-0.4, -0.2) is 96.7 Å². The van der Waals surface area contributed by atoms with Gasteiger partial charge in [0.25, 0.3) is 0 Å². The van der Waals surface area contributed by atoms with Crippen molar-refractivity contribution in [2.45, 2.75) is 419 Å². The monoisotopic (exact) mass is 1410 g/mol. The minimum Gasteiger partial charge on any atom is -0.462 e. The summed E-state index contributed by atoms with van der Waals surface area (Å²) in [6, 6.07) is 0. The Morgan fingerprint density at radius 1 is 0.302 bits per heavy atom. The molecule has 0 heterocycles. The lowest BCUT2D eigenvalue weighted by Crippen LogP contribution is -2.30. The molecule has 0 bridgehead atoms. The summed E-state index contributed by atoms with van der Waals surface area (Å²) in [6.07, 6.45) is 56.9. The number of carbonyl (C=O) groups is 4. The molecule has 0 fully saturated rings. The fourth-order valence-corrected chi connectivity index (χ4v) is 13.4. The van der Waals surface area contributed by atoms with Gasteiger partial charge in [-0.25, -0.2) is 9.13 Å². The summed E-state index contributed by atoms with van der Waals surface area (Å²) in [6.45, 7) is 9.64. The molecule has 0 spiro atoms. The SMILES string of the molecule is CCCCCCCCCCCCCCCCCC(=O)O[C@H](COC(=O)CCCCCCCCC)COP(=O)(O)OC[C@H](O)COP(=O)(O)OC[C@@H](COC(=O)CCCCCCCCCCCCCCCC(C)C)OC(=O)CCCCCCCCCCCCCCCCC(C)CC. The van der Waals surface area contributed by atoms with Gasteiger partial charge in [-0.05, 0) is 37.5 Å². The second-order valence-electron chi connectivity index (χ2n) is 28.5. The molecule has 0 aromatic rings. The van der Waals surface area contributed by atoms with Crippen molar-refractivity contribution in [3.63, 3.8) is 0 Å². The highest BCUT2D eigenvalue weighted by Gasteiger charge is 2.30. The average molecular weight is 1410 g/mol. The van der Waals surface area contributed by atoms with Crippen LogP contribution in [0.1, 0.15) is 401 Å². The molecular formula is C77H150O17P2. The number of phosphoric ester groups is 2. The van der Waals surface area contributed by atoms with Crippen LogP contribution in [-0.2, 0) is 65.4 Å². The van der Waals surface area contributed by atoms with Gasteiger partial charge in [-0.3, -0.25) is 37.3 Å². The van der Waals surface area contributed by atoms with Crippen LogP contribution in [0.15, 0.2) is 0 Å². The van der Waals surface area contributed by atoms with E-state index in [1.54, 1.807) is 0 Å². The number of carbonyl (C=O) groups excluding carboxylic acids is 4. The molecule has 96 heavy (non-hydrogen) atoms. The maximum Gasteiger partial charge on any atom is 0.472 e. The van der Waals surface area contributed by atoms with E-state index < -0.39 is 97.5 Å². The average Bonchev–Trinajstić information content (AvgIpc) is 1.93. The summed E-state index contributed by atoms with van der Waals surface area (Å²) >= 11 is 0. The first kappa shape index (κ1) is 94.1. The number of hydrogen-bond donors (Lipinski definition) is 3. The molecule has 3 unspecified atom stereocenters. The van der Waals surface area contributed by atoms with Crippen LogP contribution < -0.4 is 0 Å². The van der Waals surface area contributed by atoms with Gasteiger partial charge in [0.05, 0.1) is 26.4 Å². The summed E-state index contributed by atoms with van der Waals surface area (Å²) in [5.41, 5.74) is 0. The Kier molecular flexibility index (Phi) is 67.4. The first-order chi connectivity index (χ1) is 46.4. The molecule has 0 aromatic carbocycles. The number of aliphatic hydroxyl groups excluding tert-OH is 1. The van der Waals surface area contributed by atoms with Crippen LogP contribution in [0, 0.1) is 11.8 Å². The van der Waals surface area contributed by atoms with Gasteiger partial charge >= 0.3 is 39.5 Å². The van der Waals surface area contributed by atoms with Gasteiger partial charge in [0.2, 0.25) is 0 Å². The molecule has 0 amide bonds. The van der Waals surface area contributed by atoms with E-state index in [1.165, 1.54) is 205 Å². The third-order valence-corrected chi connectivity index (χ3v) is 20.2. The largest absolute Gasteiger partial charge is 0.472 e. The normalized spacial score (nSPS) is 14.3. The lowest BCUT2D eigenvalue weighted by Gasteiger charge is -2.21. The predicted octanol–water partition coefficient (Wildman–Crippen LogP) is 22.7. The summed E-state index contributed by atoms with van der Waals surface area (Å²) in [5, 5.41) is 10.6. The van der Waals surface area contributed by atoms with E-state index in [-0.39, 0.29) is 25.7 Å². The third kappa shape index (κ3) is 69.2. The summed E-state index contributed by atoms with van der Waals surface area (Å²) in [7, 11) is -9.91. The highest BCUT2D eigenvalue weighted by atomic mass is 31.2. The van der Waals surface area contributed by atoms with Crippen molar-refractivity contribution in [2.75, 3.05) is 39.6 Å². The van der Waals surface area contributed by atoms with Gasteiger partial charge in [0.1, 0.15) is 19.3 Å². The molecule has 0 aromatic heterocycles. The predicted molar refractivity (Wildman–Crippen MR) is 391 cm³/mol. The van der Waals surface area contributed by atoms with Crippen molar-refractivity contribution in [3.05, 3.63) is 0 Å². The Morgan fingerprint density at radius 3 is 0.792 bits per heavy atom. The maximum atomic E-state index is 13.1. The van der Waals surface area contributed by atoms with Gasteiger partial charge in [-0.2, -0.15) is 0 Å². The van der Waals surface area contributed by atoms with E-state index in [4.69, 9.17) is 37.0 Å². The first-order valence-electron chi connectivity index (χ1n) is 40.0. The second kappa shape index (κ2) is 68.8. The second-order valence-corrected chi connectivity index (χ2v) is 31.4. The van der Waals surface area contributed by atoms with E-state index in [2.05, 4.69) is 41.5 Å². The number of hydrogen-bond acceptors (Lipinski definition) is 15. The maximum absolute atomic E-state index is 13.1. The van der Waals surface area contributed by atoms with Crippen LogP contribution in [0.4, 0.5) is 0 Å². The van der Waals surface area contributed by atoms with Crippen molar-refractivity contribution < 1.29 is 80.2 Å². The van der Waals surface area contributed by atoms with Crippen molar-refractivity contribution in [3.8, 4) is 0 Å². The zero-order valence-electron chi connectivity index (χ0n) is 62.7. The van der Waals surface area contributed by atoms with E-state index in [0.29, 0.717) is 25.7 Å². The number of rotatable bonds is 76. The zero-order valence-corrected chi connectivity index (χ0v) is 64.5. The lowest BCUT2D eigenvalue weighted by atomic mass is 9.99. The molecule has 0 aliphatic heterocycles. The summed E-state index contributed by atoms with van der Waals surface area (Å²) in [4.78, 5) is 72.7. The topological polar surface area (TPSA) is 237 Å². The van der Waals surface area contributed by atoms with Crippen molar-refractivity contribution in [2.24, 2.45) is 11.8 Å². The molecule has 0 saturated heterocycles. The highest BCUT2D eigenvalue weighted by molar-refractivity contribution is 7.47. The fourth-order valence-electron chi connectivity index (χ4n) is 11.8. The minimum absolute atomic E-state index is 0.108. The molecule has 0 aliphatic carbocycles. The Balaban J connectivity index is 5.20. The Morgan fingerprint density at radius 2 is 0.531 bits per heavy atom. The molecule has 19 heteroatoms. The molecule has 570 valence electrons. The van der Waals surface area contributed by atoms with Crippen LogP contribution in [0.5, 0.6) is 0 Å². The number of esters is 4. The zero-order chi connectivity index (χ0) is 70.7. The minimum atomic E-state index is -4.96. The molecule has 0 aliphatic rings. The third-order valence-electron chi connectivity index (χ3n) is 18.3. The van der Waals surface area contributed by atoms with Gasteiger partial charge < -0.3 is 33.8 Å². The van der Waals surface area contributed by atoms with Gasteiger partial charge in [0.15, 0.2) is 12.2 Å². The fraction of sp³-hybridized carbons (Fsp3) is 0.948. The molecular weight excluding hydrogens is 1260 g/mol. The molecule has 0 saturated carbocycles. The molecule has 3 N–H and O–H groups in total. The van der Waals surface area contributed by atoms with E-state index >= 15 is 0 Å². The molecule has 0 radical (unpaired) electrons. The van der Waals surface area contributed by atoms with Crippen molar-refractivity contribution in [1.82, 2.24) is 0 Å². The van der Waals surface area contributed by atoms with Crippen molar-refractivity contribution >= 4 is 39.5 Å². The molecule has 0 rings (SSSR count). The van der Waals surface area contributed by atoms with Gasteiger partial charge in [-0.1, -0.05) is 350 Å². The number of unbranched alkanes of at least 4 members (excludes halogenated alkanes) is 45. The number of phosphoric acid groups is 2. The van der Waals surface area contributed by atoms with E-state index in [1.807, 2.05) is 0 Å². The smallest absolute Gasteiger partial charge is 0.462 e. The van der Waals surface area contributed by atoms with Crippen LogP contribution >= 0.6 is 15.6 Å².